The van der Waals surface area contributed by atoms with E-state index in [4.69, 9.17) is 23.7 Å². The van der Waals surface area contributed by atoms with Gasteiger partial charge in [0.25, 0.3) is 0 Å². The number of amides is 1. The maximum Gasteiger partial charge on any atom is 0.410 e. The molecule has 0 radical (unpaired) electrons. The maximum absolute atomic E-state index is 14.6. The number of aliphatic hydroxyl groups excluding tert-OH is 1. The topological polar surface area (TPSA) is 131 Å². The lowest BCUT2D eigenvalue weighted by atomic mass is 9.77. The van der Waals surface area contributed by atoms with Crippen molar-refractivity contribution in [1.82, 2.24) is 9.80 Å². The molecule has 0 aromatic heterocycles. The summed E-state index contributed by atoms with van der Waals surface area (Å²) >= 11 is 0. The Morgan fingerprint density at radius 3 is 2.14 bits per heavy atom. The van der Waals surface area contributed by atoms with Crippen LogP contribution < -0.4 is 14.2 Å². The largest absolute Gasteiger partial charge is 0.496 e. The van der Waals surface area contributed by atoms with E-state index in [9.17, 15) is 20.0 Å². The molecule has 2 unspecified atom stereocenters. The lowest BCUT2D eigenvalue weighted by Crippen LogP contribution is -2.69. The van der Waals surface area contributed by atoms with Crippen LogP contribution in [0.15, 0.2) is 91.5 Å². The van der Waals surface area contributed by atoms with Gasteiger partial charge in [0.15, 0.2) is 11.5 Å². The van der Waals surface area contributed by atoms with Crippen molar-refractivity contribution in [3.8, 4) is 34.4 Å². The molecule has 2 fully saturated rings. The Morgan fingerprint density at radius 1 is 0.893 bits per heavy atom. The van der Waals surface area contributed by atoms with Crippen LogP contribution in [-0.4, -0.2) is 78.6 Å². The van der Waals surface area contributed by atoms with E-state index in [1.165, 1.54) is 21.1 Å². The third-order valence-corrected chi connectivity index (χ3v) is 12.0. The molecule has 0 saturated carbocycles. The molecule has 11 nitrogen and oxygen atoms in total. The van der Waals surface area contributed by atoms with E-state index in [0.717, 1.165) is 27.8 Å². The van der Waals surface area contributed by atoms with Gasteiger partial charge in [-0.2, -0.15) is 5.26 Å². The monoisotopic (exact) mass is 755 g/mol. The second kappa shape index (κ2) is 15.1. The van der Waals surface area contributed by atoms with Gasteiger partial charge in [0.05, 0.1) is 57.7 Å². The van der Waals surface area contributed by atoms with Crippen LogP contribution in [-0.2, 0) is 20.9 Å². The van der Waals surface area contributed by atoms with Crippen molar-refractivity contribution in [3.05, 3.63) is 125 Å². The van der Waals surface area contributed by atoms with Crippen molar-refractivity contribution >= 4 is 12.1 Å². The van der Waals surface area contributed by atoms with Crippen molar-refractivity contribution in [2.75, 3.05) is 27.4 Å². The van der Waals surface area contributed by atoms with Gasteiger partial charge in [0.1, 0.15) is 24.5 Å². The number of rotatable bonds is 10. The lowest BCUT2D eigenvalue weighted by Gasteiger charge is -2.56. The zero-order valence-electron chi connectivity index (χ0n) is 31.9. The SMILES string of the molecule is C=C[C@@H]1CC2[C@@H](C#N)N3[C@H](C1N2C(=O)OCC1c2ccccc2-c2ccccc21)[C@H](O)c1c(OC)c(C)c(OC)c(OC(C)=O)c1[C@@H]3COCc1ccccc1. The van der Waals surface area contributed by atoms with Crippen molar-refractivity contribution in [3.63, 3.8) is 0 Å². The Labute approximate surface area is 326 Å². The number of fused-ring (bicyclic) bond motifs is 8. The fourth-order valence-corrected chi connectivity index (χ4v) is 9.86. The number of hydrogen-bond donors (Lipinski definition) is 1. The predicted molar refractivity (Wildman–Crippen MR) is 207 cm³/mol. The van der Waals surface area contributed by atoms with Gasteiger partial charge >= 0.3 is 12.1 Å². The van der Waals surface area contributed by atoms with Crippen LogP contribution in [0.2, 0.25) is 0 Å². The second-order valence-electron chi connectivity index (χ2n) is 14.8. The van der Waals surface area contributed by atoms with Gasteiger partial charge < -0.3 is 28.8 Å². The molecule has 3 aliphatic heterocycles. The zero-order valence-corrected chi connectivity index (χ0v) is 31.9. The highest BCUT2D eigenvalue weighted by molar-refractivity contribution is 5.79. The molecule has 2 bridgehead atoms. The molecule has 1 aliphatic carbocycles. The van der Waals surface area contributed by atoms with E-state index in [1.807, 2.05) is 59.5 Å². The standard InChI is InChI=1S/C45H45N3O8/c1-6-28-20-34-35(21-46)47-36(24-54-22-27-14-8-7-9-15-27)37-38(42(52-4)25(2)43(53-5)44(37)56-26(3)49)41(50)40(47)39(28)48(34)45(51)55-23-33-31-18-12-10-16-29(31)30-17-11-13-19-32(30)33/h6-19,28,33-36,39-41,50H,1,20,22-24H2,2-5H3/t28-,34?,35-,36+,39?,40-,41-/m1/s1. The molecular weight excluding hydrogens is 711 g/mol. The number of carbonyl (C=O) groups is 2. The number of benzene rings is 4. The van der Waals surface area contributed by atoms with E-state index in [-0.39, 0.29) is 43.2 Å². The molecule has 2 saturated heterocycles. The number of methoxy groups -OCH3 is 2. The minimum atomic E-state index is -1.31. The Bertz CT molecular complexity index is 2170. The van der Waals surface area contributed by atoms with E-state index in [1.54, 1.807) is 17.9 Å². The Hall–Kier alpha value is -5.67. The van der Waals surface area contributed by atoms with Gasteiger partial charge in [-0.1, -0.05) is 84.9 Å². The van der Waals surface area contributed by atoms with Gasteiger partial charge in [-0.3, -0.25) is 14.6 Å². The summed E-state index contributed by atoms with van der Waals surface area (Å²) in [6.07, 6.45) is 0.367. The number of nitriles is 1. The summed E-state index contributed by atoms with van der Waals surface area (Å²) in [5.41, 5.74) is 6.70. The first-order valence-electron chi connectivity index (χ1n) is 18.9. The van der Waals surface area contributed by atoms with Gasteiger partial charge in [0, 0.05) is 35.4 Å². The average molecular weight is 756 g/mol. The first kappa shape index (κ1) is 37.3. The zero-order chi connectivity index (χ0) is 39.2. The molecule has 4 aromatic rings. The predicted octanol–water partition coefficient (Wildman–Crippen LogP) is 7.01. The number of ether oxygens (including phenoxy) is 5. The van der Waals surface area contributed by atoms with Crippen molar-refractivity contribution < 1.29 is 38.4 Å². The molecule has 1 N–H and O–H groups in total. The van der Waals surface area contributed by atoms with Gasteiger partial charge in [-0.05, 0) is 41.2 Å². The number of piperazine rings is 1. The van der Waals surface area contributed by atoms with Crippen LogP contribution in [0.3, 0.4) is 0 Å². The Balaban J connectivity index is 1.21. The first-order chi connectivity index (χ1) is 27.2. The summed E-state index contributed by atoms with van der Waals surface area (Å²) in [7, 11) is 2.98. The normalized spacial score (nSPS) is 24.6. The molecular formula is C45H45N3O8. The van der Waals surface area contributed by atoms with Gasteiger partial charge in [-0.25, -0.2) is 4.79 Å². The number of aliphatic hydroxyl groups is 1. The summed E-state index contributed by atoms with van der Waals surface area (Å²) in [6.45, 7) is 7.64. The second-order valence-corrected chi connectivity index (χ2v) is 14.8. The average Bonchev–Trinajstić information content (AvgIpc) is 3.70. The van der Waals surface area contributed by atoms with Crippen LogP contribution in [0, 0.1) is 24.2 Å². The number of carbonyl (C=O) groups excluding carboxylic acids is 2. The highest BCUT2D eigenvalue weighted by Crippen LogP contribution is 2.59. The molecule has 56 heavy (non-hydrogen) atoms. The molecule has 3 heterocycles. The van der Waals surface area contributed by atoms with Crippen molar-refractivity contribution in [1.29, 1.82) is 5.26 Å². The molecule has 4 aliphatic rings. The summed E-state index contributed by atoms with van der Waals surface area (Å²) in [4.78, 5) is 30.9. The molecule has 11 heteroatoms. The first-order valence-corrected chi connectivity index (χ1v) is 18.9. The molecule has 7 atom stereocenters. The quantitative estimate of drug-likeness (QED) is 0.102. The van der Waals surface area contributed by atoms with Gasteiger partial charge in [0.2, 0.25) is 0 Å². The summed E-state index contributed by atoms with van der Waals surface area (Å²) in [6, 6.07) is 24.8. The lowest BCUT2D eigenvalue weighted by molar-refractivity contribution is -0.132. The Morgan fingerprint density at radius 2 is 1.54 bits per heavy atom. The van der Waals surface area contributed by atoms with E-state index >= 15 is 0 Å². The third kappa shape index (κ3) is 5.91. The number of esters is 1. The van der Waals surface area contributed by atoms with Crippen LogP contribution in [0.1, 0.15) is 64.8 Å². The van der Waals surface area contributed by atoms with Gasteiger partial charge in [-0.15, -0.1) is 6.58 Å². The van der Waals surface area contributed by atoms with Crippen LogP contribution in [0.4, 0.5) is 4.79 Å². The minimum absolute atomic E-state index is 0.0517. The van der Waals surface area contributed by atoms with E-state index in [2.05, 4.69) is 36.9 Å². The van der Waals surface area contributed by atoms with Crippen LogP contribution in [0.25, 0.3) is 11.1 Å². The fourth-order valence-electron chi connectivity index (χ4n) is 9.86. The third-order valence-electron chi connectivity index (χ3n) is 12.0. The van der Waals surface area contributed by atoms with Crippen molar-refractivity contribution in [2.45, 2.75) is 69.1 Å². The molecule has 1 amide bonds. The minimum Gasteiger partial charge on any atom is -0.496 e. The van der Waals surface area contributed by atoms with Crippen LogP contribution >= 0.6 is 0 Å². The molecule has 288 valence electrons. The summed E-state index contributed by atoms with van der Waals surface area (Å²) in [5.74, 6) is -0.280. The number of hydrogen-bond acceptors (Lipinski definition) is 10. The highest BCUT2D eigenvalue weighted by atomic mass is 16.6. The molecule has 8 rings (SSSR count). The smallest absolute Gasteiger partial charge is 0.410 e. The van der Waals surface area contributed by atoms with Crippen molar-refractivity contribution in [2.24, 2.45) is 5.92 Å². The molecule has 0 spiro atoms. The summed E-state index contributed by atoms with van der Waals surface area (Å²) < 4.78 is 30.4. The number of nitrogens with zero attached hydrogens (tertiary/aromatic N) is 3. The fraction of sp³-hybridized carbons (Fsp3) is 0.356. The Kier molecular flexibility index (Phi) is 10.1. The van der Waals surface area contributed by atoms with Crippen LogP contribution in [0.5, 0.6) is 17.2 Å². The highest BCUT2D eigenvalue weighted by Gasteiger charge is 2.63. The maximum atomic E-state index is 14.6. The van der Waals surface area contributed by atoms with E-state index in [0.29, 0.717) is 28.9 Å². The van der Waals surface area contributed by atoms with E-state index < -0.39 is 48.4 Å². The summed E-state index contributed by atoms with van der Waals surface area (Å²) in [5, 5.41) is 23.8. The molecule has 4 aromatic carbocycles.